The molecule has 6 aliphatic rings. The number of hydrogen-bond donors (Lipinski definition) is 2. The number of aliphatic hydroxyl groups is 1. The van der Waals surface area contributed by atoms with Crippen LogP contribution in [0.1, 0.15) is 68.8 Å². The lowest BCUT2D eigenvalue weighted by molar-refractivity contribution is -0.228. The number of esters is 3. The maximum absolute atomic E-state index is 15.3. The van der Waals surface area contributed by atoms with Gasteiger partial charge in [0.2, 0.25) is 11.5 Å². The first-order chi connectivity index (χ1) is 28.1. The molecule has 3 aromatic rings. The Balaban J connectivity index is 1.35. The number of nitrogens with one attached hydrogen (secondary N) is 1. The molecule has 1 spiro atoms. The molecule has 316 valence electrons. The number of carbonyl (C=O) groups is 3. The number of methoxy groups -OCH3 is 3. The average Bonchev–Trinajstić information content (AvgIpc) is 3.86. The molecule has 3 fully saturated rings. The lowest BCUT2D eigenvalue weighted by Crippen LogP contribution is -2.81. The first-order valence-corrected chi connectivity index (χ1v) is 20.7. The largest absolute Gasteiger partial charge is 0.496 e. The molecule has 2 saturated heterocycles. The summed E-state index contributed by atoms with van der Waals surface area (Å²) in [5.74, 6) is -5.92. The fourth-order valence-electron chi connectivity index (χ4n) is 13.2. The van der Waals surface area contributed by atoms with Crippen LogP contribution in [0.5, 0.6) is 5.75 Å². The first-order valence-electron chi connectivity index (χ1n) is 20.7. The quantitative estimate of drug-likeness (QED) is 0.188. The topological polar surface area (TPSA) is 134 Å². The number of aromatic nitrogens is 1. The summed E-state index contributed by atoms with van der Waals surface area (Å²) in [4.78, 5) is 52.5. The number of nitrogens with zero attached hydrogens (tertiary/aromatic N) is 3. The minimum atomic E-state index is -2.94. The molecule has 9 rings (SSSR count). The van der Waals surface area contributed by atoms with E-state index < -0.39 is 63.7 Å². The Hall–Kier alpha value is -4.53. The molecule has 2 aromatic carbocycles. The van der Waals surface area contributed by atoms with Crippen LogP contribution in [0.3, 0.4) is 0 Å². The molecule has 1 saturated carbocycles. The van der Waals surface area contributed by atoms with E-state index in [4.69, 9.17) is 18.9 Å². The molecule has 0 amide bonds. The minimum absolute atomic E-state index is 0.155. The number of fused-ring (bicyclic) bond motifs is 6. The van der Waals surface area contributed by atoms with Crippen LogP contribution >= 0.6 is 0 Å². The van der Waals surface area contributed by atoms with Gasteiger partial charge in [-0.15, -0.1) is 0 Å². The van der Waals surface area contributed by atoms with Crippen LogP contribution in [0.4, 0.5) is 14.5 Å². The molecular weight excluding hydrogens is 763 g/mol. The molecule has 1 aliphatic carbocycles. The molecule has 1 aromatic heterocycles. The Kier molecular flexibility index (Phi) is 9.12. The van der Waals surface area contributed by atoms with Gasteiger partial charge in [0.15, 0.2) is 6.10 Å². The van der Waals surface area contributed by atoms with Crippen LogP contribution in [-0.2, 0) is 46.0 Å². The van der Waals surface area contributed by atoms with Crippen molar-refractivity contribution < 1.29 is 47.2 Å². The van der Waals surface area contributed by atoms with E-state index >= 15 is 13.6 Å². The van der Waals surface area contributed by atoms with Crippen molar-refractivity contribution in [3.05, 3.63) is 70.9 Å². The van der Waals surface area contributed by atoms with Crippen molar-refractivity contribution in [1.29, 1.82) is 0 Å². The summed E-state index contributed by atoms with van der Waals surface area (Å²) in [5, 5.41) is 14.2. The third-order valence-corrected chi connectivity index (χ3v) is 15.3. The lowest BCUT2D eigenvalue weighted by Gasteiger charge is -2.63. The van der Waals surface area contributed by atoms with Crippen LogP contribution in [0, 0.1) is 17.3 Å². The Morgan fingerprint density at radius 3 is 2.46 bits per heavy atom. The van der Waals surface area contributed by atoms with E-state index in [9.17, 15) is 14.7 Å². The van der Waals surface area contributed by atoms with Crippen LogP contribution in [-0.4, -0.2) is 122 Å². The predicted molar refractivity (Wildman–Crippen MR) is 214 cm³/mol. The molecule has 0 radical (unpaired) electrons. The zero-order chi connectivity index (χ0) is 42.0. The monoisotopic (exact) mass is 816 g/mol. The summed E-state index contributed by atoms with van der Waals surface area (Å²) in [6.45, 7) is 6.55. The molecule has 12 nitrogen and oxygen atoms in total. The second-order valence-corrected chi connectivity index (χ2v) is 18.0. The number of likely N-dealkylation sites (N-methyl/N-ethyl adjacent to an activating group) is 1. The van der Waals surface area contributed by atoms with Gasteiger partial charge in [-0.3, -0.25) is 19.4 Å². The molecule has 5 aliphatic heterocycles. The maximum atomic E-state index is 15.3. The van der Waals surface area contributed by atoms with Gasteiger partial charge in [0, 0.05) is 96.9 Å². The normalized spacial score (nSPS) is 35.8. The molecule has 6 heterocycles. The summed E-state index contributed by atoms with van der Waals surface area (Å²) in [6, 6.07) is 10.3. The van der Waals surface area contributed by atoms with Gasteiger partial charge in [0.25, 0.3) is 0 Å². The second-order valence-electron chi connectivity index (χ2n) is 18.0. The molecule has 2 N–H and O–H groups in total. The van der Waals surface area contributed by atoms with Crippen molar-refractivity contribution in [3.63, 3.8) is 0 Å². The van der Waals surface area contributed by atoms with Crippen LogP contribution in [0.25, 0.3) is 10.9 Å². The van der Waals surface area contributed by atoms with Gasteiger partial charge in [0.05, 0.1) is 27.4 Å². The maximum Gasteiger partial charge on any atom is 0.344 e. The number of aromatic amines is 1. The standard InChI is InChI=1S/C45H54F2N4O8/c1-8-42-14-11-16-51-17-15-43(36(42)51)30-19-31(34(56-5)20-33(30)49(4)37(43)45(55,40(54)58-7)38(42)59-25(2)52)44(39(53)57-6)21-26-18-27(41(3,46)47)23-50(22-26)24-29-28-12-9-10-13-32(28)48-35(29)44/h9-14,19-20,26-27,36-38,48,55H,8,15-18,21-24H2,1-7H3/t26-,27-,36-,37+,38+,42+,43?,44-,45-/m0/s1. The summed E-state index contributed by atoms with van der Waals surface area (Å²) < 4.78 is 54.3. The van der Waals surface area contributed by atoms with Crippen molar-refractivity contribution in [3.8, 4) is 5.75 Å². The second kappa shape index (κ2) is 13.5. The van der Waals surface area contributed by atoms with E-state index in [-0.39, 0.29) is 31.3 Å². The van der Waals surface area contributed by atoms with Crippen molar-refractivity contribution >= 4 is 34.5 Å². The highest BCUT2D eigenvalue weighted by atomic mass is 19.3. The number of carbonyl (C=O) groups excluding carboxylic acids is 3. The highest BCUT2D eigenvalue weighted by Gasteiger charge is 2.80. The number of anilines is 1. The van der Waals surface area contributed by atoms with Crippen molar-refractivity contribution in [2.75, 3.05) is 59.5 Å². The fraction of sp³-hybridized carbons (Fsp3) is 0.578. The number of ether oxygens (including phenoxy) is 4. The highest BCUT2D eigenvalue weighted by molar-refractivity contribution is 5.95. The van der Waals surface area contributed by atoms with Gasteiger partial charge in [-0.2, -0.15) is 0 Å². The number of para-hydroxylation sites is 1. The number of benzene rings is 2. The van der Waals surface area contributed by atoms with Gasteiger partial charge in [-0.25, -0.2) is 13.6 Å². The smallest absolute Gasteiger partial charge is 0.344 e. The Labute approximate surface area is 342 Å². The SMILES string of the molecule is CC[C@]12C=CCN3CCC4(c5cc([C@@]6(C(=O)OC)C[C@@H]7C[C@H](C(C)(F)F)CN(Cc8c6[nH]c6ccccc86)C7)c(OC)cc5N(C)[C@H]4[C@@](O)(C(=O)OC)[C@@H]1OC(C)=O)[C@@H]32. The third kappa shape index (κ3) is 5.17. The zero-order valence-corrected chi connectivity index (χ0v) is 34.8. The fourth-order valence-corrected chi connectivity index (χ4v) is 13.2. The van der Waals surface area contributed by atoms with Crippen molar-refractivity contribution in [2.45, 2.75) is 93.5 Å². The van der Waals surface area contributed by atoms with Crippen LogP contribution in [0.15, 0.2) is 48.6 Å². The average molecular weight is 817 g/mol. The van der Waals surface area contributed by atoms with Crippen molar-refractivity contribution in [1.82, 2.24) is 14.8 Å². The first kappa shape index (κ1) is 39.9. The summed E-state index contributed by atoms with van der Waals surface area (Å²) in [7, 11) is 5.94. The molecule has 14 heteroatoms. The van der Waals surface area contributed by atoms with E-state index in [0.717, 1.165) is 29.0 Å². The molecule has 59 heavy (non-hydrogen) atoms. The summed E-state index contributed by atoms with van der Waals surface area (Å²) in [5.41, 5.74) is -1.64. The van der Waals surface area contributed by atoms with Gasteiger partial charge in [-0.05, 0) is 68.3 Å². The number of hydrogen-bond acceptors (Lipinski definition) is 11. The molecular formula is C45H54F2N4O8. The third-order valence-electron chi connectivity index (χ3n) is 15.3. The zero-order valence-electron chi connectivity index (χ0n) is 34.8. The van der Waals surface area contributed by atoms with Gasteiger partial charge >= 0.3 is 17.9 Å². The molecule has 10 atom stereocenters. The minimum Gasteiger partial charge on any atom is -0.496 e. The lowest BCUT2D eigenvalue weighted by atomic mass is 9.47. The van der Waals surface area contributed by atoms with Gasteiger partial charge in [-0.1, -0.05) is 37.3 Å². The number of halogens is 2. The van der Waals surface area contributed by atoms with Gasteiger partial charge < -0.3 is 33.9 Å². The summed E-state index contributed by atoms with van der Waals surface area (Å²) >= 11 is 0. The van der Waals surface area contributed by atoms with Crippen LogP contribution in [0.2, 0.25) is 0 Å². The number of rotatable bonds is 7. The number of H-pyrrole nitrogens is 1. The van der Waals surface area contributed by atoms with Gasteiger partial charge in [0.1, 0.15) is 11.2 Å². The summed E-state index contributed by atoms with van der Waals surface area (Å²) in [6.07, 6.45) is 4.04. The predicted octanol–water partition coefficient (Wildman–Crippen LogP) is 5.08. The Morgan fingerprint density at radius 1 is 1.03 bits per heavy atom. The Morgan fingerprint density at radius 2 is 1.78 bits per heavy atom. The van der Waals surface area contributed by atoms with Crippen LogP contribution < -0.4 is 9.64 Å². The number of alkyl halides is 2. The highest BCUT2D eigenvalue weighted by Crippen LogP contribution is 2.68. The Bertz CT molecular complexity index is 2270. The van der Waals surface area contributed by atoms with E-state index in [1.54, 1.807) is 0 Å². The van der Waals surface area contributed by atoms with E-state index in [0.29, 0.717) is 61.7 Å². The van der Waals surface area contributed by atoms with Crippen molar-refractivity contribution in [2.24, 2.45) is 17.3 Å². The molecule has 2 unspecified atom stereocenters. The van der Waals surface area contributed by atoms with E-state index in [2.05, 4.69) is 14.8 Å². The molecule has 2 bridgehead atoms. The van der Waals surface area contributed by atoms with E-state index in [1.807, 2.05) is 67.4 Å². The number of piperidine rings is 1. The van der Waals surface area contributed by atoms with E-state index in [1.165, 1.54) is 28.3 Å².